The highest BCUT2D eigenvalue weighted by atomic mass is 35.5. The Kier molecular flexibility index (Phi) is 3.99. The van der Waals surface area contributed by atoms with Gasteiger partial charge in [0, 0.05) is 6.54 Å². The number of carbonyl (C=O) groups is 1. The number of hydrogen-bond acceptors (Lipinski definition) is 5. The fourth-order valence-electron chi connectivity index (χ4n) is 1.89. The number of carboxylic acid groups (broad SMARTS) is 1. The van der Waals surface area contributed by atoms with Gasteiger partial charge in [-0.2, -0.15) is 8.73 Å². The Bertz CT molecular complexity index is 813. The maximum absolute atomic E-state index is 11.1. The fraction of sp³-hybridized carbons (Fsp3) is 0.0833. The van der Waals surface area contributed by atoms with Crippen molar-refractivity contribution >= 4 is 68.9 Å². The van der Waals surface area contributed by atoms with Gasteiger partial charge in [0.2, 0.25) is 0 Å². The van der Waals surface area contributed by atoms with Crippen LogP contribution >= 0.6 is 34.5 Å². The predicted molar refractivity (Wildman–Crippen MR) is 86.6 cm³/mol. The number of hydrogen-bond donors (Lipinski definition) is 2. The molecule has 0 radical (unpaired) electrons. The standard InChI is InChI=1S/C12H7Cl2N3O2S2/c13-6-3-7(14)9-10(17-21-16-9)8(6)15-4-5-1-2-20-11(5)12(18)19/h1-3,15H,4H2,(H,18,19). The van der Waals surface area contributed by atoms with Gasteiger partial charge in [0.15, 0.2) is 0 Å². The van der Waals surface area contributed by atoms with Crippen molar-refractivity contribution in [2.45, 2.75) is 6.54 Å². The van der Waals surface area contributed by atoms with Gasteiger partial charge < -0.3 is 10.4 Å². The highest BCUT2D eigenvalue weighted by molar-refractivity contribution is 7.58. The third kappa shape index (κ3) is 2.69. The van der Waals surface area contributed by atoms with Gasteiger partial charge in [-0.15, -0.1) is 11.3 Å². The van der Waals surface area contributed by atoms with Crippen molar-refractivity contribution in [3.63, 3.8) is 0 Å². The summed E-state index contributed by atoms with van der Waals surface area (Å²) in [6, 6.07) is 3.36. The van der Waals surface area contributed by atoms with Crippen LogP contribution in [-0.4, -0.2) is 11.1 Å². The molecular formula is C12H7Cl2N3O2S2. The van der Waals surface area contributed by atoms with Crippen molar-refractivity contribution in [2.24, 2.45) is 8.73 Å². The van der Waals surface area contributed by atoms with E-state index in [0.29, 0.717) is 44.1 Å². The Balaban J connectivity index is 1.90. The van der Waals surface area contributed by atoms with Gasteiger partial charge in [-0.25, -0.2) is 4.79 Å². The molecule has 108 valence electrons. The Morgan fingerprint density at radius 2 is 2.05 bits per heavy atom. The molecule has 5 nitrogen and oxygen atoms in total. The second-order valence-corrected chi connectivity index (χ2v) is 6.37. The molecule has 0 fully saturated rings. The van der Waals surface area contributed by atoms with E-state index in [4.69, 9.17) is 28.3 Å². The summed E-state index contributed by atoms with van der Waals surface area (Å²) in [5, 5.41) is 14.8. The average molecular weight is 360 g/mol. The van der Waals surface area contributed by atoms with E-state index in [1.807, 2.05) is 0 Å². The lowest BCUT2D eigenvalue weighted by Gasteiger charge is -2.11. The van der Waals surface area contributed by atoms with E-state index in [-0.39, 0.29) is 0 Å². The SMILES string of the molecule is O=C(O)c1sccc1CNc1c(Cl)cc(Cl)c2c1N=S=N2. The van der Waals surface area contributed by atoms with Crippen LogP contribution in [0, 0.1) is 0 Å². The molecule has 1 aromatic heterocycles. The van der Waals surface area contributed by atoms with Crippen LogP contribution in [0.5, 0.6) is 0 Å². The lowest BCUT2D eigenvalue weighted by molar-refractivity contribution is 0.0701. The average Bonchev–Trinajstić information content (AvgIpc) is 3.06. The zero-order valence-electron chi connectivity index (χ0n) is 10.3. The molecule has 1 aliphatic rings. The van der Waals surface area contributed by atoms with Gasteiger partial charge in [-0.1, -0.05) is 23.2 Å². The molecule has 1 aromatic carbocycles. The lowest BCUT2D eigenvalue weighted by Crippen LogP contribution is -2.04. The smallest absolute Gasteiger partial charge is 0.346 e. The Morgan fingerprint density at radius 1 is 1.29 bits per heavy atom. The summed E-state index contributed by atoms with van der Waals surface area (Å²) in [6.07, 6.45) is 0. The molecule has 2 heterocycles. The summed E-state index contributed by atoms with van der Waals surface area (Å²) in [5.41, 5.74) is 2.46. The number of fused-ring (bicyclic) bond motifs is 1. The summed E-state index contributed by atoms with van der Waals surface area (Å²) >= 11 is 14.5. The number of anilines is 1. The summed E-state index contributed by atoms with van der Waals surface area (Å²) in [6.45, 7) is 0.332. The number of thiophene rings is 1. The molecule has 21 heavy (non-hydrogen) atoms. The molecule has 0 bridgehead atoms. The van der Waals surface area contributed by atoms with Crippen LogP contribution < -0.4 is 5.32 Å². The van der Waals surface area contributed by atoms with Crippen LogP contribution in [0.15, 0.2) is 26.2 Å². The quantitative estimate of drug-likeness (QED) is 0.680. The van der Waals surface area contributed by atoms with Crippen molar-refractivity contribution in [3.8, 4) is 0 Å². The van der Waals surface area contributed by atoms with E-state index in [9.17, 15) is 4.79 Å². The van der Waals surface area contributed by atoms with Crippen molar-refractivity contribution < 1.29 is 9.90 Å². The third-order valence-electron chi connectivity index (χ3n) is 2.84. The molecule has 0 saturated heterocycles. The van der Waals surface area contributed by atoms with E-state index >= 15 is 0 Å². The maximum atomic E-state index is 11.1. The van der Waals surface area contributed by atoms with Crippen LogP contribution in [0.3, 0.4) is 0 Å². The number of nitrogens with zero attached hydrogens (tertiary/aromatic N) is 2. The first-order valence-electron chi connectivity index (χ1n) is 5.71. The number of aromatic carboxylic acids is 1. The van der Waals surface area contributed by atoms with Gasteiger partial charge in [0.05, 0.1) is 27.1 Å². The molecule has 0 amide bonds. The molecular weight excluding hydrogens is 353 g/mol. The number of rotatable bonds is 4. The number of carboxylic acids is 1. The first-order chi connectivity index (χ1) is 10.1. The second kappa shape index (κ2) is 5.76. The summed E-state index contributed by atoms with van der Waals surface area (Å²) in [5.74, 6) is -0.940. The fourth-order valence-corrected chi connectivity index (χ4v) is 3.83. The Labute approximate surface area is 137 Å². The normalized spacial score (nSPS) is 12.1. The summed E-state index contributed by atoms with van der Waals surface area (Å²) < 4.78 is 8.30. The van der Waals surface area contributed by atoms with E-state index in [1.165, 1.54) is 11.3 Å². The minimum absolute atomic E-state index is 0.306. The number of benzene rings is 1. The molecule has 1 aliphatic heterocycles. The summed E-state index contributed by atoms with van der Waals surface area (Å²) in [4.78, 5) is 11.4. The highest BCUT2D eigenvalue weighted by Crippen LogP contribution is 2.47. The Hall–Kier alpha value is -1.41. The molecule has 0 saturated carbocycles. The first-order valence-corrected chi connectivity index (χ1v) is 8.08. The topological polar surface area (TPSA) is 74.0 Å². The van der Waals surface area contributed by atoms with Gasteiger partial charge in [0.25, 0.3) is 0 Å². The summed E-state index contributed by atoms with van der Waals surface area (Å²) in [7, 11) is 0. The van der Waals surface area contributed by atoms with Crippen molar-refractivity contribution in [2.75, 3.05) is 5.32 Å². The van der Waals surface area contributed by atoms with Crippen LogP contribution in [0.1, 0.15) is 15.2 Å². The molecule has 2 aromatic rings. The third-order valence-corrected chi connectivity index (χ3v) is 4.90. The molecule has 0 unspecified atom stereocenters. The molecule has 3 rings (SSSR count). The second-order valence-electron chi connectivity index (χ2n) is 4.11. The van der Waals surface area contributed by atoms with Crippen molar-refractivity contribution in [1.29, 1.82) is 0 Å². The number of nitrogens with one attached hydrogen (secondary N) is 1. The predicted octanol–water partition coefficient (Wildman–Crippen LogP) is 5.09. The lowest BCUT2D eigenvalue weighted by atomic mass is 10.2. The number of halogens is 2. The zero-order chi connectivity index (χ0) is 15.0. The van der Waals surface area contributed by atoms with Crippen molar-refractivity contribution in [3.05, 3.63) is 38.0 Å². The monoisotopic (exact) mass is 359 g/mol. The van der Waals surface area contributed by atoms with Gasteiger partial charge in [-0.05, 0) is 23.1 Å². The van der Waals surface area contributed by atoms with Gasteiger partial charge in [0.1, 0.15) is 16.3 Å². The maximum Gasteiger partial charge on any atom is 0.346 e. The highest BCUT2D eigenvalue weighted by Gasteiger charge is 2.19. The molecule has 0 aliphatic carbocycles. The van der Waals surface area contributed by atoms with Crippen molar-refractivity contribution in [1.82, 2.24) is 0 Å². The van der Waals surface area contributed by atoms with E-state index < -0.39 is 5.97 Å². The van der Waals surface area contributed by atoms with E-state index in [1.54, 1.807) is 17.5 Å². The minimum atomic E-state index is -0.940. The largest absolute Gasteiger partial charge is 0.477 e. The molecule has 0 spiro atoms. The van der Waals surface area contributed by atoms with Crippen LogP contribution in [-0.2, 0) is 17.9 Å². The van der Waals surface area contributed by atoms with Gasteiger partial charge in [-0.3, -0.25) is 0 Å². The van der Waals surface area contributed by atoms with Crippen LogP contribution in [0.25, 0.3) is 0 Å². The minimum Gasteiger partial charge on any atom is -0.477 e. The first kappa shape index (κ1) is 14.5. The molecule has 0 atom stereocenters. The van der Waals surface area contributed by atoms with Gasteiger partial charge >= 0.3 is 5.97 Å². The Morgan fingerprint density at radius 3 is 2.81 bits per heavy atom. The van der Waals surface area contributed by atoms with Crippen LogP contribution in [0.2, 0.25) is 10.0 Å². The zero-order valence-corrected chi connectivity index (χ0v) is 13.4. The molecule has 2 N–H and O–H groups in total. The van der Waals surface area contributed by atoms with E-state index in [0.717, 1.165) is 11.4 Å². The van der Waals surface area contributed by atoms with Crippen LogP contribution in [0.4, 0.5) is 17.1 Å². The molecule has 9 heteroatoms. The van der Waals surface area contributed by atoms with E-state index in [2.05, 4.69) is 14.0 Å².